The SMILES string of the molecule is O=S(=O)(F)CCc1cnc2ccccc2n1. The zero-order valence-electron chi connectivity index (χ0n) is 8.30. The number of para-hydroxylation sites is 2. The molecule has 4 nitrogen and oxygen atoms in total. The van der Waals surface area contributed by atoms with Gasteiger partial charge in [0.25, 0.3) is 0 Å². The van der Waals surface area contributed by atoms with Gasteiger partial charge in [0.15, 0.2) is 0 Å². The van der Waals surface area contributed by atoms with E-state index in [-0.39, 0.29) is 6.42 Å². The lowest BCUT2D eigenvalue weighted by Gasteiger charge is -2.00. The number of aryl methyl sites for hydroxylation is 1. The van der Waals surface area contributed by atoms with Gasteiger partial charge < -0.3 is 0 Å². The van der Waals surface area contributed by atoms with Crippen LogP contribution in [0.2, 0.25) is 0 Å². The molecule has 0 N–H and O–H groups in total. The molecule has 1 heterocycles. The van der Waals surface area contributed by atoms with Gasteiger partial charge in [0.2, 0.25) is 0 Å². The lowest BCUT2D eigenvalue weighted by atomic mass is 10.3. The van der Waals surface area contributed by atoms with E-state index in [4.69, 9.17) is 0 Å². The van der Waals surface area contributed by atoms with E-state index in [1.165, 1.54) is 6.20 Å². The largest absolute Gasteiger partial charge is 0.302 e. The number of hydrogen-bond donors (Lipinski definition) is 0. The Morgan fingerprint density at radius 1 is 1.19 bits per heavy atom. The number of aromatic nitrogens is 2. The summed E-state index contributed by atoms with van der Waals surface area (Å²) in [5, 5.41) is 0. The summed E-state index contributed by atoms with van der Waals surface area (Å²) in [5.41, 5.74) is 1.88. The van der Waals surface area contributed by atoms with Crippen LogP contribution in [0.3, 0.4) is 0 Å². The minimum absolute atomic E-state index is 0.0384. The van der Waals surface area contributed by atoms with Crippen LogP contribution in [0.4, 0.5) is 3.89 Å². The van der Waals surface area contributed by atoms with Crippen LogP contribution in [-0.2, 0) is 16.6 Å². The van der Waals surface area contributed by atoms with Crippen molar-refractivity contribution >= 4 is 21.3 Å². The number of fused-ring (bicyclic) bond motifs is 1. The number of hydrogen-bond acceptors (Lipinski definition) is 4. The van der Waals surface area contributed by atoms with Crippen molar-refractivity contribution in [1.29, 1.82) is 0 Å². The topological polar surface area (TPSA) is 59.9 Å². The Bertz CT molecular complexity index is 613. The van der Waals surface area contributed by atoms with E-state index >= 15 is 0 Å². The van der Waals surface area contributed by atoms with Crippen LogP contribution >= 0.6 is 0 Å². The lowest BCUT2D eigenvalue weighted by molar-refractivity contribution is 0.551. The molecule has 0 aliphatic heterocycles. The fourth-order valence-corrected chi connectivity index (χ4v) is 1.80. The molecule has 0 aliphatic carbocycles. The number of rotatable bonds is 3. The highest BCUT2D eigenvalue weighted by atomic mass is 32.3. The quantitative estimate of drug-likeness (QED) is 0.762. The van der Waals surface area contributed by atoms with Gasteiger partial charge >= 0.3 is 10.2 Å². The molecule has 16 heavy (non-hydrogen) atoms. The van der Waals surface area contributed by atoms with E-state index in [0.717, 1.165) is 5.52 Å². The van der Waals surface area contributed by atoms with E-state index < -0.39 is 16.0 Å². The molecule has 1 aromatic heterocycles. The van der Waals surface area contributed by atoms with Gasteiger partial charge in [-0.3, -0.25) is 4.98 Å². The number of benzene rings is 1. The van der Waals surface area contributed by atoms with E-state index in [9.17, 15) is 12.3 Å². The van der Waals surface area contributed by atoms with Crippen molar-refractivity contribution in [3.63, 3.8) is 0 Å². The van der Waals surface area contributed by atoms with Gasteiger partial charge in [-0.25, -0.2) is 4.98 Å². The van der Waals surface area contributed by atoms with Crippen molar-refractivity contribution in [2.45, 2.75) is 6.42 Å². The van der Waals surface area contributed by atoms with Crippen LogP contribution in [0, 0.1) is 0 Å². The lowest BCUT2D eigenvalue weighted by Crippen LogP contribution is -2.04. The van der Waals surface area contributed by atoms with Gasteiger partial charge in [0.1, 0.15) is 0 Å². The molecule has 2 rings (SSSR count). The molecule has 0 aliphatic rings. The van der Waals surface area contributed by atoms with Gasteiger partial charge in [0.05, 0.1) is 22.5 Å². The standard InChI is InChI=1S/C10H9FN2O2S/c11-16(14,15)6-5-8-7-12-9-3-1-2-4-10(9)13-8/h1-4,7H,5-6H2. The van der Waals surface area contributed by atoms with Crippen molar-refractivity contribution in [3.05, 3.63) is 36.2 Å². The molecule has 0 saturated heterocycles. The first-order valence-electron chi connectivity index (χ1n) is 4.67. The zero-order chi connectivity index (χ0) is 11.6. The molecular formula is C10H9FN2O2S. The average molecular weight is 240 g/mol. The smallest absolute Gasteiger partial charge is 0.253 e. The first kappa shape index (κ1) is 10.9. The van der Waals surface area contributed by atoms with Gasteiger partial charge in [0, 0.05) is 12.6 Å². The average Bonchev–Trinajstić information content (AvgIpc) is 2.25. The molecule has 0 bridgehead atoms. The summed E-state index contributed by atoms with van der Waals surface area (Å²) in [6.07, 6.45) is 1.50. The third kappa shape index (κ3) is 2.73. The molecule has 6 heteroatoms. The molecule has 0 atom stereocenters. The maximum absolute atomic E-state index is 12.3. The molecule has 0 unspecified atom stereocenters. The van der Waals surface area contributed by atoms with Crippen LogP contribution in [-0.4, -0.2) is 24.1 Å². The minimum atomic E-state index is -4.44. The molecule has 84 valence electrons. The Morgan fingerprint density at radius 2 is 1.88 bits per heavy atom. The highest BCUT2D eigenvalue weighted by Crippen LogP contribution is 2.09. The summed E-state index contributed by atoms with van der Waals surface area (Å²) < 4.78 is 33.0. The second-order valence-electron chi connectivity index (χ2n) is 3.34. The second-order valence-corrected chi connectivity index (χ2v) is 4.83. The Balaban J connectivity index is 2.26. The van der Waals surface area contributed by atoms with Crippen molar-refractivity contribution < 1.29 is 12.3 Å². The molecule has 0 fully saturated rings. The predicted octanol–water partition coefficient (Wildman–Crippen LogP) is 1.47. The minimum Gasteiger partial charge on any atom is -0.253 e. The van der Waals surface area contributed by atoms with Gasteiger partial charge in [-0.1, -0.05) is 12.1 Å². The fourth-order valence-electron chi connectivity index (χ4n) is 1.34. The highest BCUT2D eigenvalue weighted by molar-refractivity contribution is 7.86. The third-order valence-electron chi connectivity index (χ3n) is 2.10. The molecular weight excluding hydrogens is 231 g/mol. The van der Waals surface area contributed by atoms with E-state index in [1.807, 2.05) is 12.1 Å². The van der Waals surface area contributed by atoms with Crippen LogP contribution in [0.15, 0.2) is 30.5 Å². The van der Waals surface area contributed by atoms with Gasteiger partial charge in [-0.05, 0) is 12.1 Å². The molecule has 2 aromatic rings. The zero-order valence-corrected chi connectivity index (χ0v) is 9.11. The summed E-state index contributed by atoms with van der Waals surface area (Å²) in [4.78, 5) is 8.29. The fraction of sp³-hybridized carbons (Fsp3) is 0.200. The first-order valence-corrected chi connectivity index (χ1v) is 6.23. The predicted molar refractivity (Wildman–Crippen MR) is 58.1 cm³/mol. The van der Waals surface area contributed by atoms with Gasteiger partial charge in [-0.15, -0.1) is 3.89 Å². The summed E-state index contributed by atoms with van der Waals surface area (Å²) >= 11 is 0. The van der Waals surface area contributed by atoms with Crippen LogP contribution in [0.5, 0.6) is 0 Å². The summed E-state index contributed by atoms with van der Waals surface area (Å²) in [7, 11) is -4.44. The normalized spacial score (nSPS) is 11.8. The van der Waals surface area contributed by atoms with Crippen molar-refractivity contribution in [2.75, 3.05) is 5.75 Å². The van der Waals surface area contributed by atoms with Crippen LogP contribution in [0.1, 0.15) is 5.69 Å². The molecule has 0 radical (unpaired) electrons. The summed E-state index contributed by atoms with van der Waals surface area (Å²) in [5.74, 6) is -0.556. The second kappa shape index (κ2) is 4.13. The monoisotopic (exact) mass is 240 g/mol. The Morgan fingerprint density at radius 3 is 2.56 bits per heavy atom. The molecule has 1 aromatic carbocycles. The van der Waals surface area contributed by atoms with Crippen LogP contribution in [0.25, 0.3) is 11.0 Å². The maximum Gasteiger partial charge on any atom is 0.302 e. The van der Waals surface area contributed by atoms with Crippen molar-refractivity contribution in [1.82, 2.24) is 9.97 Å². The van der Waals surface area contributed by atoms with Gasteiger partial charge in [-0.2, -0.15) is 8.42 Å². The third-order valence-corrected chi connectivity index (χ3v) is 2.79. The van der Waals surface area contributed by atoms with E-state index in [1.54, 1.807) is 12.1 Å². The van der Waals surface area contributed by atoms with Crippen molar-refractivity contribution in [2.24, 2.45) is 0 Å². The first-order chi connectivity index (χ1) is 7.54. The molecule has 0 spiro atoms. The number of halogens is 1. The molecule has 0 saturated carbocycles. The number of nitrogens with zero attached hydrogens (tertiary/aromatic N) is 2. The summed E-state index contributed by atoms with van der Waals surface area (Å²) in [6.45, 7) is 0. The summed E-state index contributed by atoms with van der Waals surface area (Å²) in [6, 6.07) is 7.23. The Kier molecular flexibility index (Phi) is 2.82. The Hall–Kier alpha value is -1.56. The van der Waals surface area contributed by atoms with Crippen molar-refractivity contribution in [3.8, 4) is 0 Å². The maximum atomic E-state index is 12.3. The van der Waals surface area contributed by atoms with E-state index in [2.05, 4.69) is 9.97 Å². The Labute approximate surface area is 92.4 Å². The van der Waals surface area contributed by atoms with E-state index in [0.29, 0.717) is 11.2 Å². The van der Waals surface area contributed by atoms with Crippen LogP contribution < -0.4 is 0 Å². The molecule has 0 amide bonds. The highest BCUT2D eigenvalue weighted by Gasteiger charge is 2.08.